The van der Waals surface area contributed by atoms with Crippen LogP contribution in [-0.4, -0.2) is 21.8 Å². The van der Waals surface area contributed by atoms with Crippen molar-refractivity contribution in [3.05, 3.63) is 46.3 Å². The molecule has 1 heterocycles. The minimum absolute atomic E-state index is 0.00719. The summed E-state index contributed by atoms with van der Waals surface area (Å²) in [4.78, 5) is 10.6. The summed E-state index contributed by atoms with van der Waals surface area (Å²) in [5, 5.41) is 18.2. The molecule has 0 aliphatic carbocycles. The average molecular weight is 276 g/mol. The number of nitrogens with one attached hydrogen (secondary N) is 1. The van der Waals surface area contributed by atoms with Crippen LogP contribution in [0.2, 0.25) is 0 Å². The van der Waals surface area contributed by atoms with Crippen LogP contribution in [0.1, 0.15) is 12.5 Å². The zero-order valence-corrected chi connectivity index (χ0v) is 11.4. The van der Waals surface area contributed by atoms with Gasteiger partial charge in [-0.3, -0.25) is 14.8 Å². The molecule has 0 fully saturated rings. The standard InChI is InChI=1S/C13H16N4O3/c1-3-16-9-10(8-15-16)7-14-12-5-4-11(20-2)6-13(12)17(18)19/h4-6,8-9,14H,3,7H2,1-2H3. The number of aryl methyl sites for hydroxylation is 1. The van der Waals surface area contributed by atoms with E-state index in [1.54, 1.807) is 23.0 Å². The first-order chi connectivity index (χ1) is 9.63. The van der Waals surface area contributed by atoms with Crippen LogP contribution in [0.25, 0.3) is 0 Å². The Hall–Kier alpha value is -2.57. The highest BCUT2D eigenvalue weighted by Crippen LogP contribution is 2.29. The molecule has 0 saturated heterocycles. The lowest BCUT2D eigenvalue weighted by Gasteiger charge is -2.07. The van der Waals surface area contributed by atoms with Crippen molar-refractivity contribution >= 4 is 11.4 Å². The largest absolute Gasteiger partial charge is 0.496 e. The average Bonchev–Trinajstić information content (AvgIpc) is 2.92. The van der Waals surface area contributed by atoms with Crippen molar-refractivity contribution in [1.29, 1.82) is 0 Å². The van der Waals surface area contributed by atoms with E-state index in [1.165, 1.54) is 13.2 Å². The molecule has 1 N–H and O–H groups in total. The Morgan fingerprint density at radius 2 is 2.30 bits per heavy atom. The molecule has 2 rings (SSSR count). The minimum atomic E-state index is -0.430. The lowest BCUT2D eigenvalue weighted by molar-refractivity contribution is -0.384. The summed E-state index contributed by atoms with van der Waals surface area (Å²) in [5.74, 6) is 0.459. The summed E-state index contributed by atoms with van der Waals surface area (Å²) in [6, 6.07) is 4.73. The van der Waals surface area contributed by atoms with E-state index in [1.807, 2.05) is 13.1 Å². The molecule has 0 aliphatic heterocycles. The first-order valence-electron chi connectivity index (χ1n) is 6.21. The Balaban J connectivity index is 2.14. The molecule has 7 nitrogen and oxygen atoms in total. The maximum Gasteiger partial charge on any atom is 0.296 e. The molecule has 0 spiro atoms. The third kappa shape index (κ3) is 3.05. The lowest BCUT2D eigenvalue weighted by atomic mass is 10.2. The number of ether oxygens (including phenoxy) is 1. The highest BCUT2D eigenvalue weighted by atomic mass is 16.6. The number of methoxy groups -OCH3 is 1. The fourth-order valence-corrected chi connectivity index (χ4v) is 1.81. The van der Waals surface area contributed by atoms with Crippen LogP contribution in [0, 0.1) is 10.1 Å². The molecule has 0 atom stereocenters. The molecule has 0 bridgehead atoms. The Kier molecular flexibility index (Phi) is 4.19. The Morgan fingerprint density at radius 3 is 2.90 bits per heavy atom. The third-order valence-corrected chi connectivity index (χ3v) is 2.90. The normalized spacial score (nSPS) is 10.3. The van der Waals surface area contributed by atoms with Crippen LogP contribution >= 0.6 is 0 Å². The van der Waals surface area contributed by atoms with Gasteiger partial charge in [-0.2, -0.15) is 5.10 Å². The maximum atomic E-state index is 11.0. The second kappa shape index (κ2) is 6.05. The topological polar surface area (TPSA) is 82.2 Å². The van der Waals surface area contributed by atoms with E-state index < -0.39 is 4.92 Å². The quantitative estimate of drug-likeness (QED) is 0.647. The van der Waals surface area contributed by atoms with Crippen LogP contribution in [0.15, 0.2) is 30.6 Å². The van der Waals surface area contributed by atoms with Gasteiger partial charge in [-0.1, -0.05) is 0 Å². The van der Waals surface area contributed by atoms with Gasteiger partial charge in [-0.15, -0.1) is 0 Å². The molecule has 2 aromatic rings. The number of nitrogens with zero attached hydrogens (tertiary/aromatic N) is 3. The molecule has 0 unspecified atom stereocenters. The van der Waals surface area contributed by atoms with Gasteiger partial charge >= 0.3 is 0 Å². The lowest BCUT2D eigenvalue weighted by Crippen LogP contribution is -2.02. The summed E-state index contributed by atoms with van der Waals surface area (Å²) >= 11 is 0. The molecular weight excluding hydrogens is 260 g/mol. The number of nitro groups is 1. The zero-order valence-electron chi connectivity index (χ0n) is 11.4. The van der Waals surface area contributed by atoms with Gasteiger partial charge in [-0.05, 0) is 19.1 Å². The van der Waals surface area contributed by atoms with Gasteiger partial charge in [0.05, 0.1) is 24.3 Å². The van der Waals surface area contributed by atoms with E-state index >= 15 is 0 Å². The Bertz CT molecular complexity index is 609. The van der Waals surface area contributed by atoms with Gasteiger partial charge in [0.1, 0.15) is 11.4 Å². The third-order valence-electron chi connectivity index (χ3n) is 2.90. The van der Waals surface area contributed by atoms with Crippen molar-refractivity contribution < 1.29 is 9.66 Å². The highest BCUT2D eigenvalue weighted by Gasteiger charge is 2.14. The predicted octanol–water partition coefficient (Wildman–Crippen LogP) is 2.43. The fourth-order valence-electron chi connectivity index (χ4n) is 1.81. The van der Waals surface area contributed by atoms with Crippen LogP contribution in [0.5, 0.6) is 5.75 Å². The van der Waals surface area contributed by atoms with E-state index in [4.69, 9.17) is 4.74 Å². The van der Waals surface area contributed by atoms with Crippen molar-refractivity contribution in [3.63, 3.8) is 0 Å². The van der Waals surface area contributed by atoms with E-state index in [0.29, 0.717) is 18.0 Å². The fraction of sp³-hybridized carbons (Fsp3) is 0.308. The van der Waals surface area contributed by atoms with Gasteiger partial charge in [0.25, 0.3) is 5.69 Å². The van der Waals surface area contributed by atoms with Crippen LogP contribution in [0.3, 0.4) is 0 Å². The number of benzene rings is 1. The van der Waals surface area contributed by atoms with E-state index in [-0.39, 0.29) is 5.69 Å². The molecule has 20 heavy (non-hydrogen) atoms. The number of anilines is 1. The van der Waals surface area contributed by atoms with Gasteiger partial charge in [0, 0.05) is 24.8 Å². The summed E-state index contributed by atoms with van der Waals surface area (Å²) in [6.45, 7) is 3.27. The molecule has 1 aromatic heterocycles. The molecule has 0 amide bonds. The zero-order chi connectivity index (χ0) is 14.5. The SMILES string of the molecule is CCn1cc(CNc2ccc(OC)cc2[N+](=O)[O-])cn1. The van der Waals surface area contributed by atoms with Crippen molar-refractivity contribution in [2.75, 3.05) is 12.4 Å². The van der Waals surface area contributed by atoms with E-state index in [9.17, 15) is 10.1 Å². The van der Waals surface area contributed by atoms with Crippen LogP contribution < -0.4 is 10.1 Å². The van der Waals surface area contributed by atoms with Crippen molar-refractivity contribution in [2.45, 2.75) is 20.0 Å². The van der Waals surface area contributed by atoms with Crippen LogP contribution in [0.4, 0.5) is 11.4 Å². The first kappa shape index (κ1) is 13.9. The molecule has 1 aromatic carbocycles. The van der Waals surface area contributed by atoms with Gasteiger partial charge < -0.3 is 10.1 Å². The van der Waals surface area contributed by atoms with Gasteiger partial charge in [0.15, 0.2) is 0 Å². The predicted molar refractivity (Wildman–Crippen MR) is 74.9 cm³/mol. The maximum absolute atomic E-state index is 11.0. The van der Waals surface area contributed by atoms with Gasteiger partial charge in [0.2, 0.25) is 0 Å². The molecule has 0 saturated carbocycles. The molecular formula is C13H16N4O3. The van der Waals surface area contributed by atoms with Crippen molar-refractivity contribution in [1.82, 2.24) is 9.78 Å². The van der Waals surface area contributed by atoms with Crippen LogP contribution in [-0.2, 0) is 13.1 Å². The minimum Gasteiger partial charge on any atom is -0.496 e. The summed E-state index contributed by atoms with van der Waals surface area (Å²) in [5.41, 5.74) is 1.42. The van der Waals surface area contributed by atoms with Crippen molar-refractivity contribution in [2.24, 2.45) is 0 Å². The van der Waals surface area contributed by atoms with E-state index in [0.717, 1.165) is 12.1 Å². The number of aromatic nitrogens is 2. The second-order valence-corrected chi connectivity index (χ2v) is 4.20. The van der Waals surface area contributed by atoms with Gasteiger partial charge in [-0.25, -0.2) is 0 Å². The Morgan fingerprint density at radius 1 is 1.50 bits per heavy atom. The highest BCUT2D eigenvalue weighted by molar-refractivity contribution is 5.63. The molecule has 0 radical (unpaired) electrons. The molecule has 0 aliphatic rings. The first-order valence-corrected chi connectivity index (χ1v) is 6.21. The summed E-state index contributed by atoms with van der Waals surface area (Å²) < 4.78 is 6.80. The van der Waals surface area contributed by atoms with Crippen molar-refractivity contribution in [3.8, 4) is 5.75 Å². The smallest absolute Gasteiger partial charge is 0.296 e. The molecule has 106 valence electrons. The summed E-state index contributed by atoms with van der Waals surface area (Å²) in [7, 11) is 1.48. The second-order valence-electron chi connectivity index (χ2n) is 4.20. The van der Waals surface area contributed by atoms with E-state index in [2.05, 4.69) is 10.4 Å². The number of hydrogen-bond acceptors (Lipinski definition) is 5. The number of nitro benzene ring substituents is 1. The number of hydrogen-bond donors (Lipinski definition) is 1. The summed E-state index contributed by atoms with van der Waals surface area (Å²) in [6.07, 6.45) is 3.65. The molecule has 7 heteroatoms. The monoisotopic (exact) mass is 276 g/mol. The Labute approximate surface area is 116 Å². The number of rotatable bonds is 6.